The van der Waals surface area contributed by atoms with E-state index in [1.807, 2.05) is 6.92 Å². The van der Waals surface area contributed by atoms with Gasteiger partial charge in [0.25, 0.3) is 15.9 Å². The van der Waals surface area contributed by atoms with E-state index in [2.05, 4.69) is 10.0 Å². The van der Waals surface area contributed by atoms with E-state index in [4.69, 9.17) is 27.9 Å². The fourth-order valence-electron chi connectivity index (χ4n) is 2.15. The van der Waals surface area contributed by atoms with E-state index in [9.17, 15) is 13.2 Å². The smallest absolute Gasteiger partial charge is 0.263 e. The second-order valence-electron chi connectivity index (χ2n) is 5.19. The summed E-state index contributed by atoms with van der Waals surface area (Å²) in [7, 11) is -3.95. The fraction of sp³-hybridized carbons (Fsp3) is 0.133. The number of halogens is 2. The van der Waals surface area contributed by atoms with E-state index in [0.717, 1.165) is 5.56 Å². The predicted octanol–water partition coefficient (Wildman–Crippen LogP) is 3.43. The van der Waals surface area contributed by atoms with E-state index >= 15 is 0 Å². The highest BCUT2D eigenvalue weighted by molar-refractivity contribution is 7.92. The highest BCUT2D eigenvalue weighted by atomic mass is 35.5. The van der Waals surface area contributed by atoms with Gasteiger partial charge in [0, 0.05) is 11.1 Å². The number of amides is 1. The van der Waals surface area contributed by atoms with Crippen molar-refractivity contribution >= 4 is 50.5 Å². The van der Waals surface area contributed by atoms with Crippen LogP contribution in [0.25, 0.3) is 0 Å². The summed E-state index contributed by atoms with van der Waals surface area (Å²) in [6.07, 6.45) is 0. The monoisotopic (exact) mass is 386 g/mol. The van der Waals surface area contributed by atoms with Crippen LogP contribution in [0.2, 0.25) is 10.0 Å². The third kappa shape index (κ3) is 3.28. The van der Waals surface area contributed by atoms with E-state index in [1.165, 1.54) is 18.2 Å². The summed E-state index contributed by atoms with van der Waals surface area (Å²) in [6, 6.07) is 7.42. The average Bonchev–Trinajstić information content (AvgIpc) is 2.49. The van der Waals surface area contributed by atoms with Gasteiger partial charge in [-0.2, -0.15) is 0 Å². The summed E-state index contributed by atoms with van der Waals surface area (Å²) >= 11 is 12.1. The van der Waals surface area contributed by atoms with Crippen LogP contribution in [0.15, 0.2) is 35.2 Å². The molecule has 0 radical (unpaired) electrons. The quantitative estimate of drug-likeness (QED) is 0.845. The lowest BCUT2D eigenvalue weighted by Gasteiger charge is -2.19. The number of nitrogens with one attached hydrogen (secondary N) is 2. The van der Waals surface area contributed by atoms with Gasteiger partial charge in [-0.15, -0.1) is 0 Å². The van der Waals surface area contributed by atoms with Gasteiger partial charge < -0.3 is 10.1 Å². The van der Waals surface area contributed by atoms with Crippen molar-refractivity contribution < 1.29 is 17.9 Å². The number of hydrogen-bond acceptors (Lipinski definition) is 4. The predicted molar refractivity (Wildman–Crippen MR) is 92.6 cm³/mol. The van der Waals surface area contributed by atoms with Gasteiger partial charge in [0.05, 0.1) is 16.4 Å². The van der Waals surface area contributed by atoms with Crippen LogP contribution in [0.4, 0.5) is 11.4 Å². The lowest BCUT2D eigenvalue weighted by Crippen LogP contribution is -2.25. The van der Waals surface area contributed by atoms with Crippen molar-refractivity contribution in [3.8, 4) is 5.75 Å². The summed E-state index contributed by atoms with van der Waals surface area (Å²) in [5.74, 6) is -0.0945. The molecule has 3 rings (SSSR count). The van der Waals surface area contributed by atoms with Gasteiger partial charge in [0.15, 0.2) is 6.61 Å². The number of fused-ring (bicyclic) bond motifs is 1. The normalized spacial score (nSPS) is 13.7. The maximum atomic E-state index is 12.6. The number of aryl methyl sites for hydroxylation is 1. The summed E-state index contributed by atoms with van der Waals surface area (Å²) in [5.41, 5.74) is 1.47. The van der Waals surface area contributed by atoms with E-state index in [1.54, 1.807) is 12.1 Å². The standard InChI is InChI=1S/C15H12Cl2N2O4S/c1-8-2-3-9(4-10(8)16)19-24(21,22)14-6-13-12(5-11(14)17)18-15(20)7-23-13/h2-6,19H,7H2,1H3,(H,18,20). The molecule has 2 aromatic carbocycles. The zero-order chi connectivity index (χ0) is 17.5. The number of rotatable bonds is 3. The maximum absolute atomic E-state index is 12.6. The highest BCUT2D eigenvalue weighted by Gasteiger charge is 2.24. The van der Waals surface area contributed by atoms with Crippen molar-refractivity contribution in [2.45, 2.75) is 11.8 Å². The zero-order valence-electron chi connectivity index (χ0n) is 12.4. The molecule has 6 nitrogen and oxygen atoms in total. The summed E-state index contributed by atoms with van der Waals surface area (Å²) in [4.78, 5) is 11.1. The molecule has 0 fully saturated rings. The molecule has 24 heavy (non-hydrogen) atoms. The first-order chi connectivity index (χ1) is 11.3. The second kappa shape index (κ2) is 6.16. The van der Waals surface area contributed by atoms with Crippen molar-refractivity contribution in [1.29, 1.82) is 0 Å². The first kappa shape index (κ1) is 16.9. The molecule has 0 spiro atoms. The molecule has 1 amide bonds. The van der Waals surface area contributed by atoms with Crippen molar-refractivity contribution in [2.24, 2.45) is 0 Å². The largest absolute Gasteiger partial charge is 0.482 e. The molecule has 126 valence electrons. The molecule has 0 aromatic heterocycles. The minimum Gasteiger partial charge on any atom is -0.482 e. The Kier molecular flexibility index (Phi) is 4.33. The van der Waals surface area contributed by atoms with Crippen LogP contribution in [0, 0.1) is 6.92 Å². The van der Waals surface area contributed by atoms with E-state index < -0.39 is 10.0 Å². The first-order valence-electron chi connectivity index (χ1n) is 6.81. The van der Waals surface area contributed by atoms with Crippen LogP contribution in [0.5, 0.6) is 5.75 Å². The molecular weight excluding hydrogens is 375 g/mol. The SMILES string of the molecule is Cc1ccc(NS(=O)(=O)c2cc3c(cc2Cl)NC(=O)CO3)cc1Cl. The Morgan fingerprint density at radius 2 is 1.92 bits per heavy atom. The molecule has 1 aliphatic heterocycles. The Bertz CT molecular complexity index is 945. The van der Waals surface area contributed by atoms with Crippen LogP contribution in [0.1, 0.15) is 5.56 Å². The molecule has 0 bridgehead atoms. The molecular formula is C15H12Cl2N2O4S. The van der Waals surface area contributed by atoms with Crippen molar-refractivity contribution in [3.05, 3.63) is 45.9 Å². The number of sulfonamides is 1. The highest BCUT2D eigenvalue weighted by Crippen LogP contribution is 2.36. The number of ether oxygens (including phenoxy) is 1. The molecule has 2 N–H and O–H groups in total. The third-order valence-corrected chi connectivity index (χ3v) is 5.63. The van der Waals surface area contributed by atoms with Crippen LogP contribution in [-0.2, 0) is 14.8 Å². The fourth-order valence-corrected chi connectivity index (χ4v) is 3.93. The van der Waals surface area contributed by atoms with Crippen LogP contribution >= 0.6 is 23.2 Å². The molecule has 0 unspecified atom stereocenters. The minimum atomic E-state index is -3.95. The van der Waals surface area contributed by atoms with Gasteiger partial charge in [-0.05, 0) is 30.7 Å². The number of hydrogen-bond donors (Lipinski definition) is 2. The second-order valence-corrected chi connectivity index (χ2v) is 7.65. The van der Waals surface area contributed by atoms with E-state index in [0.29, 0.717) is 16.4 Å². The van der Waals surface area contributed by atoms with Gasteiger partial charge in [-0.25, -0.2) is 8.42 Å². The van der Waals surface area contributed by atoms with Gasteiger partial charge in [0.2, 0.25) is 0 Å². The molecule has 0 atom stereocenters. The van der Waals surface area contributed by atoms with Crippen molar-refractivity contribution in [3.63, 3.8) is 0 Å². The van der Waals surface area contributed by atoms with Crippen LogP contribution < -0.4 is 14.8 Å². The zero-order valence-corrected chi connectivity index (χ0v) is 14.7. The lowest BCUT2D eigenvalue weighted by atomic mass is 10.2. The summed E-state index contributed by atoms with van der Waals surface area (Å²) < 4.78 is 32.8. The number of benzene rings is 2. The van der Waals surface area contributed by atoms with Gasteiger partial charge in [-0.1, -0.05) is 29.3 Å². The van der Waals surface area contributed by atoms with Gasteiger partial charge in [-0.3, -0.25) is 9.52 Å². The Morgan fingerprint density at radius 3 is 2.62 bits per heavy atom. The van der Waals surface area contributed by atoms with Crippen LogP contribution in [-0.4, -0.2) is 20.9 Å². The Morgan fingerprint density at radius 1 is 1.17 bits per heavy atom. The van der Waals surface area contributed by atoms with Gasteiger partial charge in [0.1, 0.15) is 10.6 Å². The maximum Gasteiger partial charge on any atom is 0.263 e. The van der Waals surface area contributed by atoms with Gasteiger partial charge >= 0.3 is 0 Å². The van der Waals surface area contributed by atoms with E-state index in [-0.39, 0.29) is 28.2 Å². The van der Waals surface area contributed by atoms with Crippen molar-refractivity contribution in [2.75, 3.05) is 16.6 Å². The average molecular weight is 387 g/mol. The lowest BCUT2D eigenvalue weighted by molar-refractivity contribution is -0.118. The van der Waals surface area contributed by atoms with Crippen LogP contribution in [0.3, 0.4) is 0 Å². The molecule has 0 aliphatic carbocycles. The Balaban J connectivity index is 1.97. The number of anilines is 2. The first-order valence-corrected chi connectivity index (χ1v) is 9.05. The molecule has 0 saturated heterocycles. The third-order valence-electron chi connectivity index (χ3n) is 3.38. The minimum absolute atomic E-state index is 0.0368. The van der Waals surface area contributed by atoms with Crippen molar-refractivity contribution in [1.82, 2.24) is 0 Å². The summed E-state index contributed by atoms with van der Waals surface area (Å²) in [5, 5.41) is 2.97. The molecule has 1 heterocycles. The Labute approximate surface area is 148 Å². The number of carbonyl (C=O) groups is 1. The Hall–Kier alpha value is -1.96. The number of carbonyl (C=O) groups excluding carboxylic acids is 1. The summed E-state index contributed by atoms with van der Waals surface area (Å²) in [6.45, 7) is 1.63. The molecule has 1 aliphatic rings. The molecule has 9 heteroatoms. The topological polar surface area (TPSA) is 84.5 Å². The molecule has 0 saturated carbocycles. The molecule has 2 aromatic rings.